The van der Waals surface area contributed by atoms with Gasteiger partial charge in [0.15, 0.2) is 11.5 Å². The Hall–Kier alpha value is -2.70. The second kappa shape index (κ2) is 5.35. The van der Waals surface area contributed by atoms with Crippen molar-refractivity contribution in [3.8, 4) is 0 Å². The Labute approximate surface area is 119 Å². The molecule has 0 aliphatic carbocycles. The van der Waals surface area contributed by atoms with E-state index in [1.54, 1.807) is 0 Å². The summed E-state index contributed by atoms with van der Waals surface area (Å²) in [5, 5.41) is 20.5. The maximum absolute atomic E-state index is 13.9. The quantitative estimate of drug-likeness (QED) is 0.833. The van der Waals surface area contributed by atoms with Gasteiger partial charge in [0.1, 0.15) is 5.82 Å². The SMILES string of the molecule is CC(=O)C1=C(O)C(=O)N(CC(=O)[O-])[C@@H]1c1ccccc1F. The van der Waals surface area contributed by atoms with E-state index >= 15 is 0 Å². The lowest BCUT2D eigenvalue weighted by Gasteiger charge is -2.27. The first-order chi connectivity index (χ1) is 9.84. The van der Waals surface area contributed by atoms with Crippen LogP contribution in [0.15, 0.2) is 35.6 Å². The summed E-state index contributed by atoms with van der Waals surface area (Å²) in [4.78, 5) is 35.0. The van der Waals surface area contributed by atoms with E-state index in [1.165, 1.54) is 18.2 Å². The molecule has 1 aromatic rings. The summed E-state index contributed by atoms with van der Waals surface area (Å²) in [7, 11) is 0. The number of rotatable bonds is 4. The van der Waals surface area contributed by atoms with Gasteiger partial charge in [-0.1, -0.05) is 18.2 Å². The van der Waals surface area contributed by atoms with E-state index in [1.807, 2.05) is 0 Å². The summed E-state index contributed by atoms with van der Waals surface area (Å²) in [5.41, 5.74) is -0.396. The fraction of sp³-hybridized carbons (Fsp3) is 0.214. The lowest BCUT2D eigenvalue weighted by molar-refractivity contribution is -0.306. The molecule has 0 fully saturated rings. The van der Waals surface area contributed by atoms with Gasteiger partial charge in [0.25, 0.3) is 5.91 Å². The molecule has 2 rings (SSSR count). The summed E-state index contributed by atoms with van der Waals surface area (Å²) in [5.74, 6) is -4.85. The number of hydrogen-bond acceptors (Lipinski definition) is 5. The monoisotopic (exact) mass is 292 g/mol. The van der Waals surface area contributed by atoms with Crippen molar-refractivity contribution >= 4 is 17.7 Å². The molecule has 0 bridgehead atoms. The first-order valence-corrected chi connectivity index (χ1v) is 6.04. The normalized spacial score (nSPS) is 18.3. The van der Waals surface area contributed by atoms with E-state index < -0.39 is 41.8 Å². The van der Waals surface area contributed by atoms with Crippen LogP contribution in [0.25, 0.3) is 0 Å². The van der Waals surface area contributed by atoms with E-state index in [0.717, 1.165) is 13.0 Å². The van der Waals surface area contributed by atoms with Crippen molar-refractivity contribution in [3.05, 3.63) is 47.0 Å². The van der Waals surface area contributed by atoms with Gasteiger partial charge in [0, 0.05) is 5.56 Å². The van der Waals surface area contributed by atoms with Crippen LogP contribution in [0.2, 0.25) is 0 Å². The van der Waals surface area contributed by atoms with Crippen LogP contribution in [0.3, 0.4) is 0 Å². The lowest BCUT2D eigenvalue weighted by Crippen LogP contribution is -2.41. The van der Waals surface area contributed by atoms with Crippen molar-refractivity contribution in [3.63, 3.8) is 0 Å². The number of hydrogen-bond donors (Lipinski definition) is 1. The first kappa shape index (κ1) is 14.7. The second-order valence-electron chi connectivity index (χ2n) is 4.55. The van der Waals surface area contributed by atoms with E-state index in [9.17, 15) is 29.0 Å². The van der Waals surface area contributed by atoms with Crippen molar-refractivity contribution in [2.45, 2.75) is 13.0 Å². The maximum Gasteiger partial charge on any atom is 0.290 e. The number of aliphatic hydroxyl groups is 1. The first-order valence-electron chi connectivity index (χ1n) is 6.04. The number of nitrogens with zero attached hydrogens (tertiary/aromatic N) is 1. The maximum atomic E-state index is 13.9. The van der Waals surface area contributed by atoms with Gasteiger partial charge in [-0.3, -0.25) is 9.59 Å². The van der Waals surface area contributed by atoms with Crippen LogP contribution in [-0.4, -0.2) is 34.2 Å². The zero-order valence-corrected chi connectivity index (χ0v) is 11.0. The number of aliphatic hydroxyl groups excluding tert-OH is 1. The average Bonchev–Trinajstić information content (AvgIpc) is 2.63. The van der Waals surface area contributed by atoms with Crippen LogP contribution in [-0.2, 0) is 14.4 Å². The molecule has 1 atom stereocenters. The van der Waals surface area contributed by atoms with Gasteiger partial charge in [-0.25, -0.2) is 4.39 Å². The Morgan fingerprint density at radius 3 is 2.52 bits per heavy atom. The van der Waals surface area contributed by atoms with Gasteiger partial charge < -0.3 is 19.9 Å². The fourth-order valence-corrected chi connectivity index (χ4v) is 2.34. The predicted octanol–water partition coefficient (Wildman–Crippen LogP) is -0.140. The summed E-state index contributed by atoms with van der Waals surface area (Å²) in [6.07, 6.45) is 0. The smallest absolute Gasteiger partial charge is 0.290 e. The van der Waals surface area contributed by atoms with Crippen molar-refractivity contribution in [2.75, 3.05) is 6.54 Å². The number of benzene rings is 1. The third-order valence-electron chi connectivity index (χ3n) is 3.18. The predicted molar refractivity (Wildman–Crippen MR) is 66.2 cm³/mol. The highest BCUT2D eigenvalue weighted by atomic mass is 19.1. The highest BCUT2D eigenvalue weighted by Crippen LogP contribution is 2.38. The van der Waals surface area contributed by atoms with Gasteiger partial charge in [0.05, 0.1) is 24.1 Å². The number of carboxylic acids is 1. The molecule has 7 heteroatoms. The Bertz CT molecular complexity index is 667. The number of halogens is 1. The third kappa shape index (κ3) is 2.49. The molecule has 0 saturated heterocycles. The Balaban J connectivity index is 2.60. The summed E-state index contributed by atoms with van der Waals surface area (Å²) in [6, 6.07) is 4.04. The van der Waals surface area contributed by atoms with Crippen LogP contribution in [0.5, 0.6) is 0 Å². The van der Waals surface area contributed by atoms with Crippen molar-refractivity contribution in [1.29, 1.82) is 0 Å². The molecule has 1 N–H and O–H groups in total. The minimum atomic E-state index is -1.58. The van der Waals surface area contributed by atoms with Crippen molar-refractivity contribution < 1.29 is 29.0 Å². The molecule has 0 radical (unpaired) electrons. The largest absolute Gasteiger partial charge is 0.548 e. The Morgan fingerprint density at radius 1 is 1.38 bits per heavy atom. The zero-order valence-electron chi connectivity index (χ0n) is 11.0. The van der Waals surface area contributed by atoms with Gasteiger partial charge in [-0.15, -0.1) is 0 Å². The molecule has 1 amide bonds. The molecule has 1 aromatic carbocycles. The molecule has 0 unspecified atom stereocenters. The minimum absolute atomic E-state index is 0.0682. The summed E-state index contributed by atoms with van der Waals surface area (Å²) < 4.78 is 13.9. The van der Waals surface area contributed by atoms with Gasteiger partial charge >= 0.3 is 0 Å². The van der Waals surface area contributed by atoms with Gasteiger partial charge in [0.2, 0.25) is 0 Å². The number of carbonyl (C=O) groups is 3. The fourth-order valence-electron chi connectivity index (χ4n) is 2.34. The van der Waals surface area contributed by atoms with Gasteiger partial charge in [-0.2, -0.15) is 0 Å². The number of carboxylic acid groups (broad SMARTS) is 1. The van der Waals surface area contributed by atoms with Crippen LogP contribution in [0.4, 0.5) is 4.39 Å². The van der Waals surface area contributed by atoms with Crippen LogP contribution < -0.4 is 5.11 Å². The molecule has 21 heavy (non-hydrogen) atoms. The lowest BCUT2D eigenvalue weighted by atomic mass is 9.96. The molecule has 1 aliphatic heterocycles. The molecule has 0 aromatic heterocycles. The topological polar surface area (TPSA) is 97.7 Å². The Kier molecular flexibility index (Phi) is 3.75. The molecule has 6 nitrogen and oxygen atoms in total. The Morgan fingerprint density at radius 2 is 2.00 bits per heavy atom. The number of carbonyl (C=O) groups excluding carboxylic acids is 3. The zero-order chi connectivity index (χ0) is 15.7. The van der Waals surface area contributed by atoms with E-state index in [0.29, 0.717) is 4.90 Å². The highest BCUT2D eigenvalue weighted by Gasteiger charge is 2.43. The molecule has 1 aliphatic rings. The summed E-state index contributed by atoms with van der Waals surface area (Å²) >= 11 is 0. The van der Waals surface area contributed by atoms with Crippen LogP contribution in [0, 0.1) is 5.82 Å². The standard InChI is InChI=1S/C14H12FNO5/c1-7(17)11-12(8-4-2-3-5-9(8)15)16(6-10(18)19)14(21)13(11)20/h2-5,12,20H,6H2,1H3,(H,18,19)/p-1/t12-/m1/s1. The average molecular weight is 292 g/mol. The third-order valence-corrected chi connectivity index (χ3v) is 3.18. The van der Waals surface area contributed by atoms with E-state index in [4.69, 9.17) is 0 Å². The van der Waals surface area contributed by atoms with Crippen molar-refractivity contribution in [2.24, 2.45) is 0 Å². The van der Waals surface area contributed by atoms with Crippen LogP contribution in [0.1, 0.15) is 18.5 Å². The molecule has 0 saturated carbocycles. The highest BCUT2D eigenvalue weighted by molar-refractivity contribution is 6.08. The number of Topliss-reactive ketones (excluding diaryl/α,β-unsaturated/α-hetero) is 1. The number of amides is 1. The number of aliphatic carboxylic acids is 1. The van der Waals surface area contributed by atoms with E-state index in [2.05, 4.69) is 0 Å². The molecule has 1 heterocycles. The second-order valence-corrected chi connectivity index (χ2v) is 4.55. The number of ketones is 1. The van der Waals surface area contributed by atoms with Gasteiger partial charge in [-0.05, 0) is 13.0 Å². The molecule has 0 spiro atoms. The molecular weight excluding hydrogens is 281 g/mol. The van der Waals surface area contributed by atoms with E-state index in [-0.39, 0.29) is 11.1 Å². The summed E-state index contributed by atoms with van der Waals surface area (Å²) in [6.45, 7) is 0.244. The van der Waals surface area contributed by atoms with Crippen LogP contribution >= 0.6 is 0 Å². The van der Waals surface area contributed by atoms with Crippen molar-refractivity contribution in [1.82, 2.24) is 4.90 Å². The molecular formula is C14H11FNO5-. The molecule has 110 valence electrons. The minimum Gasteiger partial charge on any atom is -0.548 e.